The number of anilines is 1. The number of ether oxygens (including phenoxy) is 2. The number of H-pyrrole nitrogens is 1. The van der Waals surface area contributed by atoms with Crippen molar-refractivity contribution in [3.8, 4) is 11.5 Å². The smallest absolute Gasteiger partial charge is 0.235 e. The van der Waals surface area contributed by atoms with Gasteiger partial charge in [-0.3, -0.25) is 9.59 Å². The third-order valence-corrected chi connectivity index (χ3v) is 6.28. The van der Waals surface area contributed by atoms with E-state index in [1.807, 2.05) is 42.5 Å². The van der Waals surface area contributed by atoms with E-state index in [0.717, 1.165) is 35.0 Å². The fourth-order valence-corrected chi connectivity index (χ4v) is 3.90. The number of carbonyl (C=O) groups excluding carboxylic acids is 2. The molecule has 7 nitrogen and oxygen atoms in total. The Hall–Kier alpha value is -3.48. The van der Waals surface area contributed by atoms with Gasteiger partial charge >= 0.3 is 0 Å². The number of rotatable bonds is 5. The molecule has 4 N–H and O–H groups in total. The summed E-state index contributed by atoms with van der Waals surface area (Å²) in [6.45, 7) is 3.78. The third kappa shape index (κ3) is 2.81. The first-order valence-corrected chi connectivity index (χ1v) is 9.94. The molecule has 1 aliphatic carbocycles. The van der Waals surface area contributed by atoms with Crippen LogP contribution in [0.4, 0.5) is 5.69 Å². The highest BCUT2D eigenvalue weighted by Crippen LogP contribution is 2.51. The number of aromatic nitrogens is 1. The van der Waals surface area contributed by atoms with E-state index in [-0.39, 0.29) is 17.0 Å². The third-order valence-electron chi connectivity index (χ3n) is 6.28. The van der Waals surface area contributed by atoms with E-state index in [2.05, 4.69) is 10.3 Å². The second-order valence-corrected chi connectivity index (χ2v) is 8.58. The molecule has 2 aromatic carbocycles. The van der Waals surface area contributed by atoms with E-state index in [9.17, 15) is 9.59 Å². The number of aromatic amines is 1. The van der Waals surface area contributed by atoms with Gasteiger partial charge in [0.1, 0.15) is 0 Å². The van der Waals surface area contributed by atoms with Gasteiger partial charge in [-0.1, -0.05) is 6.07 Å². The van der Waals surface area contributed by atoms with Crippen LogP contribution in [-0.4, -0.2) is 23.6 Å². The summed E-state index contributed by atoms with van der Waals surface area (Å²) in [6.07, 6.45) is 1.59. The molecule has 0 bridgehead atoms. The summed E-state index contributed by atoms with van der Waals surface area (Å²) < 4.78 is 10.8. The van der Waals surface area contributed by atoms with Crippen LogP contribution >= 0.6 is 0 Å². The zero-order chi connectivity index (χ0) is 21.1. The summed E-state index contributed by atoms with van der Waals surface area (Å²) in [5.41, 5.74) is 7.47. The van der Waals surface area contributed by atoms with Gasteiger partial charge in [-0.05, 0) is 68.7 Å². The predicted octanol–water partition coefficient (Wildman–Crippen LogP) is 4.07. The number of nitrogens with two attached hydrogens (primary N) is 1. The molecule has 1 saturated carbocycles. The van der Waals surface area contributed by atoms with E-state index in [1.165, 1.54) is 0 Å². The largest absolute Gasteiger partial charge is 0.454 e. The summed E-state index contributed by atoms with van der Waals surface area (Å²) in [5.74, 6) is 0.961. The van der Waals surface area contributed by atoms with Crippen molar-refractivity contribution in [1.82, 2.24) is 4.98 Å². The van der Waals surface area contributed by atoms with Crippen molar-refractivity contribution in [3.63, 3.8) is 0 Å². The second-order valence-electron chi connectivity index (χ2n) is 8.58. The number of benzene rings is 2. The molecule has 2 heterocycles. The molecule has 0 unspecified atom stereocenters. The van der Waals surface area contributed by atoms with Gasteiger partial charge in [-0.25, -0.2) is 0 Å². The van der Waals surface area contributed by atoms with E-state index in [0.29, 0.717) is 17.2 Å². The highest BCUT2D eigenvalue weighted by atomic mass is 16.7. The van der Waals surface area contributed by atoms with Gasteiger partial charge in [0.2, 0.25) is 18.6 Å². The van der Waals surface area contributed by atoms with Crippen LogP contribution in [0.3, 0.4) is 0 Å². The van der Waals surface area contributed by atoms with Crippen molar-refractivity contribution in [2.75, 3.05) is 12.1 Å². The first kappa shape index (κ1) is 18.5. The summed E-state index contributed by atoms with van der Waals surface area (Å²) in [5, 5.41) is 3.96. The van der Waals surface area contributed by atoms with Crippen molar-refractivity contribution < 1.29 is 23.3 Å². The molecule has 30 heavy (non-hydrogen) atoms. The number of amides is 2. The molecule has 0 radical (unpaired) electrons. The molecule has 3 aromatic rings. The Morgan fingerprint density at radius 2 is 1.87 bits per heavy atom. The Balaban J connectivity index is 0.00000128. The minimum Gasteiger partial charge on any atom is -0.454 e. The molecule has 2 aliphatic rings. The van der Waals surface area contributed by atoms with Gasteiger partial charge < -0.3 is 25.5 Å². The lowest BCUT2D eigenvalue weighted by Gasteiger charge is -2.18. The number of primary amides is 1. The normalized spacial score (nSPS) is 16.5. The molecule has 0 spiro atoms. The molecule has 2 amide bonds. The fourth-order valence-electron chi connectivity index (χ4n) is 3.90. The van der Waals surface area contributed by atoms with Crippen LogP contribution in [-0.2, 0) is 20.4 Å². The highest BCUT2D eigenvalue weighted by Gasteiger charge is 2.51. The predicted molar refractivity (Wildman–Crippen MR) is 119 cm³/mol. The van der Waals surface area contributed by atoms with E-state index in [1.54, 1.807) is 13.8 Å². The zero-order valence-electron chi connectivity index (χ0n) is 16.9. The lowest BCUT2D eigenvalue weighted by Crippen LogP contribution is -2.35. The van der Waals surface area contributed by atoms with E-state index >= 15 is 0 Å². The topological polar surface area (TPSA) is 106 Å². The lowest BCUT2D eigenvalue weighted by molar-refractivity contribution is -0.122. The van der Waals surface area contributed by atoms with Crippen molar-refractivity contribution >= 4 is 28.4 Å². The Labute approximate surface area is 178 Å². The van der Waals surface area contributed by atoms with Crippen LogP contribution < -0.4 is 20.5 Å². The molecule has 0 atom stereocenters. The van der Waals surface area contributed by atoms with Crippen LogP contribution in [0.2, 0.25) is 0 Å². The van der Waals surface area contributed by atoms with Crippen molar-refractivity contribution in [2.45, 2.75) is 37.5 Å². The van der Waals surface area contributed by atoms with Gasteiger partial charge in [0.05, 0.1) is 10.8 Å². The second kappa shape index (κ2) is 6.26. The first-order valence-electron chi connectivity index (χ1n) is 9.94. The number of fused-ring (bicyclic) bond motifs is 2. The molecule has 1 fully saturated rings. The zero-order valence-corrected chi connectivity index (χ0v) is 16.9. The molecule has 1 aliphatic heterocycles. The van der Waals surface area contributed by atoms with Crippen molar-refractivity contribution in [1.29, 1.82) is 0 Å². The van der Waals surface area contributed by atoms with Gasteiger partial charge in [-0.2, -0.15) is 0 Å². The van der Waals surface area contributed by atoms with Gasteiger partial charge in [0, 0.05) is 26.6 Å². The number of hydrogen-bond acceptors (Lipinski definition) is 4. The fraction of sp³-hybridized carbons (Fsp3) is 0.304. The maximum atomic E-state index is 13.1. The summed E-state index contributed by atoms with van der Waals surface area (Å²) in [4.78, 5) is 28.1. The van der Waals surface area contributed by atoms with Crippen LogP contribution in [0, 0.1) is 0 Å². The molecule has 7 heteroatoms. The number of nitrogens with one attached hydrogen (secondary N) is 2. The quantitative estimate of drug-likeness (QED) is 0.588. The molecule has 5 rings (SSSR count). The van der Waals surface area contributed by atoms with Gasteiger partial charge in [-0.15, -0.1) is 0 Å². The molecular weight excluding hydrogens is 382 g/mol. The van der Waals surface area contributed by atoms with Crippen molar-refractivity contribution in [3.05, 3.63) is 53.7 Å². The van der Waals surface area contributed by atoms with Crippen molar-refractivity contribution in [2.24, 2.45) is 5.73 Å². The van der Waals surface area contributed by atoms with E-state index in [4.69, 9.17) is 15.2 Å². The number of carbonyl (C=O) groups is 2. The SMILES string of the molecule is CC(C)(C(N)=O)c1cc2cc(NC(=O)C3(c4ccc5c(c4)OCO5)CC3)ccc2[nH]1.[HH].[HH].[HH]. The van der Waals surface area contributed by atoms with Crippen LogP contribution in [0.15, 0.2) is 42.5 Å². The number of hydrogen-bond donors (Lipinski definition) is 3. The standard InChI is InChI=1S/C23H23N3O4.3H2/c1-22(2,20(24)27)19-10-13-9-15(4-5-16(13)26-19)25-21(28)23(7-8-23)14-3-6-17-18(11-14)30-12-29-17;;;/h3-6,9-11,26H,7-8,12H2,1-2H3,(H2,24,27)(H,25,28);3*1H. The molecule has 160 valence electrons. The average Bonchev–Trinajstić information content (AvgIpc) is 3.19. The average molecular weight is 412 g/mol. The Morgan fingerprint density at radius 3 is 2.60 bits per heavy atom. The Morgan fingerprint density at radius 1 is 1.10 bits per heavy atom. The van der Waals surface area contributed by atoms with Crippen LogP contribution in [0.25, 0.3) is 10.9 Å². The van der Waals surface area contributed by atoms with Crippen LogP contribution in [0.5, 0.6) is 11.5 Å². The van der Waals surface area contributed by atoms with Gasteiger partial charge in [0.15, 0.2) is 11.5 Å². The Bertz CT molecular complexity index is 1200. The lowest BCUT2D eigenvalue weighted by atomic mass is 9.89. The highest BCUT2D eigenvalue weighted by molar-refractivity contribution is 6.02. The summed E-state index contributed by atoms with van der Waals surface area (Å²) in [7, 11) is 0. The monoisotopic (exact) mass is 411 g/mol. The van der Waals surface area contributed by atoms with E-state index < -0.39 is 16.7 Å². The Kier molecular flexibility index (Phi) is 3.87. The molecular formula is C23H29N3O4. The van der Waals surface area contributed by atoms with Crippen LogP contribution in [0.1, 0.15) is 42.2 Å². The summed E-state index contributed by atoms with van der Waals surface area (Å²) in [6, 6.07) is 13.3. The summed E-state index contributed by atoms with van der Waals surface area (Å²) >= 11 is 0. The minimum atomic E-state index is -0.806. The molecule has 1 aromatic heterocycles. The molecule has 0 saturated heterocycles. The minimum absolute atomic E-state index is 0. The van der Waals surface area contributed by atoms with Gasteiger partial charge in [0.25, 0.3) is 0 Å². The maximum absolute atomic E-state index is 13.1. The maximum Gasteiger partial charge on any atom is 0.235 e. The first-order chi connectivity index (χ1) is 14.3.